The minimum absolute atomic E-state index is 0. The van der Waals surface area contributed by atoms with E-state index in [9.17, 15) is 0 Å². The molecule has 4 nitrogen and oxygen atoms in total. The highest BCUT2D eigenvalue weighted by molar-refractivity contribution is 14.0. The van der Waals surface area contributed by atoms with E-state index in [1.54, 1.807) is 0 Å². The fraction of sp³-hybridized carbons (Fsp3) is 0.632. The van der Waals surface area contributed by atoms with E-state index in [2.05, 4.69) is 66.1 Å². The molecule has 1 aliphatic rings. The maximum atomic E-state index is 5.51. The third-order valence-corrected chi connectivity index (χ3v) is 6.31. The summed E-state index contributed by atoms with van der Waals surface area (Å²) >= 11 is 1.94. The van der Waals surface area contributed by atoms with Crippen LogP contribution in [-0.4, -0.2) is 50.3 Å². The van der Waals surface area contributed by atoms with Gasteiger partial charge >= 0.3 is 0 Å². The van der Waals surface area contributed by atoms with Gasteiger partial charge in [0.2, 0.25) is 0 Å². The number of hydrogen-bond donors (Lipinski definition) is 2. The Kier molecular flexibility index (Phi) is 9.59. The molecule has 0 atom stereocenters. The Labute approximate surface area is 174 Å². The van der Waals surface area contributed by atoms with Gasteiger partial charge < -0.3 is 15.4 Å². The zero-order valence-corrected chi connectivity index (χ0v) is 18.9. The quantitative estimate of drug-likeness (QED) is 0.373. The molecule has 1 saturated heterocycles. The van der Waals surface area contributed by atoms with Gasteiger partial charge in [0.25, 0.3) is 0 Å². The number of benzene rings is 1. The van der Waals surface area contributed by atoms with Crippen LogP contribution in [0.3, 0.4) is 0 Å². The van der Waals surface area contributed by atoms with Crippen LogP contribution in [0.15, 0.2) is 35.3 Å². The summed E-state index contributed by atoms with van der Waals surface area (Å²) in [6.45, 7) is 7.98. The van der Waals surface area contributed by atoms with E-state index in [1.807, 2.05) is 18.8 Å². The van der Waals surface area contributed by atoms with Crippen LogP contribution in [0, 0.1) is 0 Å². The first-order chi connectivity index (χ1) is 11.5. The van der Waals surface area contributed by atoms with Crippen LogP contribution in [0.25, 0.3) is 0 Å². The standard InChI is InChI=1S/C19H31N3OS.HI/c1-18(2,16-8-6-5-7-9-16)14-21-17(20-3)22-15-19(24-4)10-12-23-13-11-19;/h5-9H,10-15H2,1-4H3,(H2,20,21,22);1H. The molecule has 0 unspecified atom stereocenters. The maximum Gasteiger partial charge on any atom is 0.191 e. The predicted octanol–water partition coefficient (Wildman–Crippen LogP) is 3.66. The molecule has 25 heavy (non-hydrogen) atoms. The number of ether oxygens (including phenoxy) is 1. The lowest BCUT2D eigenvalue weighted by Crippen LogP contribution is -2.49. The van der Waals surface area contributed by atoms with Crippen LogP contribution >= 0.6 is 35.7 Å². The smallest absolute Gasteiger partial charge is 0.191 e. The van der Waals surface area contributed by atoms with Crippen molar-refractivity contribution < 1.29 is 4.74 Å². The van der Waals surface area contributed by atoms with Crippen molar-refractivity contribution in [2.45, 2.75) is 36.9 Å². The average molecular weight is 477 g/mol. The van der Waals surface area contributed by atoms with Gasteiger partial charge in [-0.2, -0.15) is 11.8 Å². The van der Waals surface area contributed by atoms with Crippen LogP contribution in [-0.2, 0) is 10.2 Å². The molecule has 0 bridgehead atoms. The molecule has 2 N–H and O–H groups in total. The van der Waals surface area contributed by atoms with Gasteiger partial charge in [-0.15, -0.1) is 24.0 Å². The Bertz CT molecular complexity index is 531. The number of guanidine groups is 1. The number of nitrogens with zero attached hydrogens (tertiary/aromatic N) is 1. The first-order valence-corrected chi connectivity index (χ1v) is 9.87. The van der Waals surface area contributed by atoms with E-state index >= 15 is 0 Å². The number of rotatable bonds is 6. The minimum Gasteiger partial charge on any atom is -0.381 e. The highest BCUT2D eigenvalue weighted by Crippen LogP contribution is 2.33. The van der Waals surface area contributed by atoms with Crippen molar-refractivity contribution in [2.24, 2.45) is 4.99 Å². The van der Waals surface area contributed by atoms with Crippen molar-refractivity contribution in [1.82, 2.24) is 10.6 Å². The van der Waals surface area contributed by atoms with E-state index in [0.717, 1.165) is 45.1 Å². The molecule has 2 rings (SSSR count). The molecule has 0 saturated carbocycles. The lowest BCUT2D eigenvalue weighted by atomic mass is 9.85. The van der Waals surface area contributed by atoms with Gasteiger partial charge in [-0.1, -0.05) is 44.2 Å². The highest BCUT2D eigenvalue weighted by atomic mass is 127. The van der Waals surface area contributed by atoms with Crippen LogP contribution in [0.1, 0.15) is 32.3 Å². The second-order valence-corrected chi connectivity index (χ2v) is 8.30. The Balaban J connectivity index is 0.00000312. The zero-order chi connectivity index (χ0) is 17.5. The molecule has 0 spiro atoms. The fourth-order valence-electron chi connectivity index (χ4n) is 2.96. The number of hydrogen-bond acceptors (Lipinski definition) is 3. The molecule has 0 aromatic heterocycles. The molecule has 1 heterocycles. The Morgan fingerprint density at radius 1 is 1.20 bits per heavy atom. The van der Waals surface area contributed by atoms with Crippen molar-refractivity contribution in [3.8, 4) is 0 Å². The van der Waals surface area contributed by atoms with Crippen LogP contribution in [0.4, 0.5) is 0 Å². The van der Waals surface area contributed by atoms with E-state index < -0.39 is 0 Å². The summed E-state index contributed by atoms with van der Waals surface area (Å²) in [4.78, 5) is 4.39. The molecule has 142 valence electrons. The summed E-state index contributed by atoms with van der Waals surface area (Å²) in [6, 6.07) is 10.6. The second-order valence-electron chi connectivity index (χ2n) is 7.03. The SMILES string of the molecule is CN=C(NCC1(SC)CCOCC1)NCC(C)(C)c1ccccc1.I. The average Bonchev–Trinajstić information content (AvgIpc) is 2.63. The van der Waals surface area contributed by atoms with Crippen LogP contribution < -0.4 is 10.6 Å². The van der Waals surface area contributed by atoms with Crippen molar-refractivity contribution in [3.63, 3.8) is 0 Å². The first-order valence-electron chi connectivity index (χ1n) is 8.64. The van der Waals surface area contributed by atoms with Gasteiger partial charge in [-0.05, 0) is 24.7 Å². The molecule has 0 amide bonds. The molecular formula is C19H32IN3OS. The molecule has 1 aliphatic heterocycles. The fourth-order valence-corrected chi connectivity index (χ4v) is 3.75. The first kappa shape index (κ1) is 22.6. The van der Waals surface area contributed by atoms with Crippen LogP contribution in [0.2, 0.25) is 0 Å². The monoisotopic (exact) mass is 477 g/mol. The van der Waals surface area contributed by atoms with E-state index in [0.29, 0.717) is 0 Å². The zero-order valence-electron chi connectivity index (χ0n) is 15.8. The summed E-state index contributed by atoms with van der Waals surface area (Å²) in [5, 5.41) is 7.00. The summed E-state index contributed by atoms with van der Waals surface area (Å²) < 4.78 is 5.77. The Morgan fingerprint density at radius 3 is 2.40 bits per heavy atom. The van der Waals surface area contributed by atoms with Crippen molar-refractivity contribution in [2.75, 3.05) is 39.6 Å². The number of aliphatic imine (C=N–C) groups is 1. The summed E-state index contributed by atoms with van der Waals surface area (Å²) in [7, 11) is 1.83. The molecule has 1 fully saturated rings. The highest BCUT2D eigenvalue weighted by Gasteiger charge is 2.32. The topological polar surface area (TPSA) is 45.7 Å². The summed E-state index contributed by atoms with van der Waals surface area (Å²) in [6.07, 6.45) is 4.38. The Morgan fingerprint density at radius 2 is 1.84 bits per heavy atom. The van der Waals surface area contributed by atoms with E-state index in [1.165, 1.54) is 5.56 Å². The molecule has 6 heteroatoms. The number of nitrogens with one attached hydrogen (secondary N) is 2. The number of halogens is 1. The van der Waals surface area contributed by atoms with E-state index in [4.69, 9.17) is 4.74 Å². The van der Waals surface area contributed by atoms with Crippen LogP contribution in [0.5, 0.6) is 0 Å². The van der Waals surface area contributed by atoms with Gasteiger partial charge in [0.15, 0.2) is 5.96 Å². The van der Waals surface area contributed by atoms with Gasteiger partial charge in [-0.25, -0.2) is 0 Å². The largest absolute Gasteiger partial charge is 0.381 e. The molecule has 1 aromatic carbocycles. The lowest BCUT2D eigenvalue weighted by molar-refractivity contribution is 0.0783. The lowest BCUT2D eigenvalue weighted by Gasteiger charge is -2.36. The molecule has 0 radical (unpaired) electrons. The third-order valence-electron chi connectivity index (χ3n) is 4.89. The van der Waals surface area contributed by atoms with Gasteiger partial charge in [0.05, 0.1) is 0 Å². The van der Waals surface area contributed by atoms with Crippen molar-refractivity contribution in [3.05, 3.63) is 35.9 Å². The minimum atomic E-state index is 0. The third kappa shape index (κ3) is 6.64. The van der Waals surface area contributed by atoms with Gasteiger partial charge in [0, 0.05) is 43.5 Å². The van der Waals surface area contributed by atoms with E-state index in [-0.39, 0.29) is 34.1 Å². The van der Waals surface area contributed by atoms with Crippen molar-refractivity contribution >= 4 is 41.7 Å². The Hall–Kier alpha value is -0.470. The molecule has 0 aliphatic carbocycles. The summed E-state index contributed by atoms with van der Waals surface area (Å²) in [5.41, 5.74) is 1.38. The van der Waals surface area contributed by atoms with Gasteiger partial charge in [-0.3, -0.25) is 4.99 Å². The second kappa shape index (κ2) is 10.6. The summed E-state index contributed by atoms with van der Waals surface area (Å²) in [5.74, 6) is 0.874. The number of thioether (sulfide) groups is 1. The van der Waals surface area contributed by atoms with Crippen molar-refractivity contribution in [1.29, 1.82) is 0 Å². The van der Waals surface area contributed by atoms with Gasteiger partial charge in [0.1, 0.15) is 0 Å². The maximum absolute atomic E-state index is 5.51. The molecule has 1 aromatic rings. The predicted molar refractivity (Wildman–Crippen MR) is 121 cm³/mol. The normalized spacial score (nSPS) is 17.5. The molecular weight excluding hydrogens is 445 g/mol.